The molecule has 106 valence electrons. The Kier molecular flexibility index (Phi) is 2.68. The monoisotopic (exact) mass is 343 g/mol. The van der Waals surface area contributed by atoms with Crippen LogP contribution in [-0.2, 0) is 0 Å². The van der Waals surface area contributed by atoms with E-state index in [2.05, 4.69) is 79.8 Å². The summed E-state index contributed by atoms with van der Waals surface area (Å²) in [7, 11) is 0. The van der Waals surface area contributed by atoms with Gasteiger partial charge in [0.15, 0.2) is 11.6 Å². The van der Waals surface area contributed by atoms with Gasteiger partial charge in [0.1, 0.15) is 0 Å². The second-order valence-corrected chi connectivity index (χ2v) is 6.25. The van der Waals surface area contributed by atoms with Gasteiger partial charge in [0.2, 0.25) is 0 Å². The second-order valence-electron chi connectivity index (χ2n) is 5.33. The summed E-state index contributed by atoms with van der Waals surface area (Å²) in [5.41, 5.74) is 5.77. The van der Waals surface area contributed by atoms with Gasteiger partial charge in [-0.05, 0) is 31.5 Å². The van der Waals surface area contributed by atoms with Crippen LogP contribution in [0.15, 0.2) is 28.7 Å². The molecule has 0 unspecified atom stereocenters. The Morgan fingerprint density at radius 3 is 1.95 bits per heavy atom. The van der Waals surface area contributed by atoms with Gasteiger partial charge in [0.05, 0.1) is 0 Å². The van der Waals surface area contributed by atoms with Crippen molar-refractivity contribution in [2.75, 3.05) is 5.32 Å². The molecule has 6 heteroatoms. The molecule has 0 fully saturated rings. The standard InChI is InChI=1S/C15H14BrN5/c1-7-11-13(9-3-5-10(16)6-4-9)12-8(2)19-21-15(12)17-14(11)20-18-7/h3-6,13H,1-2H3,(H3,17,18,19,20,21). The molecule has 1 aliphatic rings. The lowest BCUT2D eigenvalue weighted by molar-refractivity contribution is 0.939. The first-order valence-electron chi connectivity index (χ1n) is 6.77. The molecule has 0 saturated heterocycles. The van der Waals surface area contributed by atoms with Crippen LogP contribution in [0.4, 0.5) is 11.6 Å². The molecule has 2 aromatic heterocycles. The summed E-state index contributed by atoms with van der Waals surface area (Å²) in [5.74, 6) is 1.86. The third-order valence-corrected chi connectivity index (χ3v) is 4.54. The maximum atomic E-state index is 4.36. The van der Waals surface area contributed by atoms with Crippen LogP contribution >= 0.6 is 15.9 Å². The lowest BCUT2D eigenvalue weighted by Crippen LogP contribution is -2.14. The van der Waals surface area contributed by atoms with Crippen LogP contribution in [0.25, 0.3) is 0 Å². The first kappa shape index (κ1) is 12.6. The van der Waals surface area contributed by atoms with E-state index >= 15 is 0 Å². The molecule has 4 rings (SSSR count). The number of aromatic nitrogens is 4. The van der Waals surface area contributed by atoms with Crippen LogP contribution in [0.5, 0.6) is 0 Å². The van der Waals surface area contributed by atoms with Crippen LogP contribution < -0.4 is 5.32 Å². The number of aromatic amines is 2. The Hall–Kier alpha value is -2.08. The van der Waals surface area contributed by atoms with Crippen molar-refractivity contribution >= 4 is 27.6 Å². The fraction of sp³-hybridized carbons (Fsp3) is 0.200. The number of halogens is 1. The van der Waals surface area contributed by atoms with E-state index in [9.17, 15) is 0 Å². The van der Waals surface area contributed by atoms with Crippen LogP contribution in [0.3, 0.4) is 0 Å². The van der Waals surface area contributed by atoms with Crippen molar-refractivity contribution in [3.8, 4) is 0 Å². The molecule has 3 N–H and O–H groups in total. The number of aryl methyl sites for hydroxylation is 2. The lowest BCUT2D eigenvalue weighted by atomic mass is 9.83. The highest BCUT2D eigenvalue weighted by Gasteiger charge is 2.33. The van der Waals surface area contributed by atoms with Gasteiger partial charge in [-0.1, -0.05) is 28.1 Å². The maximum Gasteiger partial charge on any atom is 0.157 e. The molecule has 0 radical (unpaired) electrons. The van der Waals surface area contributed by atoms with Gasteiger partial charge in [-0.25, -0.2) is 0 Å². The van der Waals surface area contributed by atoms with Crippen molar-refractivity contribution in [3.05, 3.63) is 56.8 Å². The minimum atomic E-state index is 0.141. The molecule has 0 bridgehead atoms. The van der Waals surface area contributed by atoms with E-state index in [1.54, 1.807) is 0 Å². The number of rotatable bonds is 1. The van der Waals surface area contributed by atoms with Crippen LogP contribution in [-0.4, -0.2) is 20.4 Å². The third kappa shape index (κ3) is 1.82. The zero-order valence-electron chi connectivity index (χ0n) is 11.7. The molecule has 0 saturated carbocycles. The van der Waals surface area contributed by atoms with Crippen LogP contribution in [0, 0.1) is 13.8 Å². The van der Waals surface area contributed by atoms with Crippen molar-refractivity contribution in [3.63, 3.8) is 0 Å². The van der Waals surface area contributed by atoms with Gasteiger partial charge >= 0.3 is 0 Å². The molecule has 0 spiro atoms. The highest BCUT2D eigenvalue weighted by Crippen LogP contribution is 2.45. The highest BCUT2D eigenvalue weighted by atomic mass is 79.9. The summed E-state index contributed by atoms with van der Waals surface area (Å²) >= 11 is 3.50. The summed E-state index contributed by atoms with van der Waals surface area (Å²) in [6.07, 6.45) is 0. The van der Waals surface area contributed by atoms with Crippen molar-refractivity contribution < 1.29 is 0 Å². The molecule has 0 atom stereocenters. The first-order valence-corrected chi connectivity index (χ1v) is 7.56. The largest absolute Gasteiger partial charge is 0.321 e. The topological polar surface area (TPSA) is 69.4 Å². The number of benzene rings is 1. The third-order valence-electron chi connectivity index (χ3n) is 4.01. The Morgan fingerprint density at radius 2 is 1.43 bits per heavy atom. The molecule has 21 heavy (non-hydrogen) atoms. The van der Waals surface area contributed by atoms with Gasteiger partial charge in [-0.3, -0.25) is 10.2 Å². The summed E-state index contributed by atoms with van der Waals surface area (Å²) in [6.45, 7) is 4.11. The molecule has 3 aromatic rings. The predicted molar refractivity (Wildman–Crippen MR) is 85.0 cm³/mol. The summed E-state index contributed by atoms with van der Waals surface area (Å²) < 4.78 is 1.08. The van der Waals surface area contributed by atoms with E-state index in [0.717, 1.165) is 27.5 Å². The van der Waals surface area contributed by atoms with E-state index < -0.39 is 0 Å². The summed E-state index contributed by atoms with van der Waals surface area (Å²) in [4.78, 5) is 0. The summed E-state index contributed by atoms with van der Waals surface area (Å²) in [6, 6.07) is 8.43. The van der Waals surface area contributed by atoms with Crippen molar-refractivity contribution in [1.82, 2.24) is 20.4 Å². The van der Waals surface area contributed by atoms with Gasteiger partial charge in [-0.15, -0.1) is 0 Å². The van der Waals surface area contributed by atoms with E-state index in [4.69, 9.17) is 0 Å². The molecule has 1 aromatic carbocycles. The van der Waals surface area contributed by atoms with E-state index in [1.165, 1.54) is 16.7 Å². The number of nitrogens with zero attached hydrogens (tertiary/aromatic N) is 2. The van der Waals surface area contributed by atoms with E-state index in [0.29, 0.717) is 0 Å². The molecule has 0 amide bonds. The van der Waals surface area contributed by atoms with Gasteiger partial charge in [0.25, 0.3) is 0 Å². The maximum absolute atomic E-state index is 4.36. The number of anilines is 2. The zero-order chi connectivity index (χ0) is 14.6. The first-order chi connectivity index (χ1) is 10.1. The second kappa shape index (κ2) is 4.46. The SMILES string of the molecule is Cc1[nH]nc2c1C(c1ccc(Br)cc1)c1c(n[nH]c1C)N2. The quantitative estimate of drug-likeness (QED) is 0.493. The minimum absolute atomic E-state index is 0.141. The van der Waals surface area contributed by atoms with Gasteiger partial charge < -0.3 is 5.32 Å². The average molecular weight is 344 g/mol. The van der Waals surface area contributed by atoms with Crippen LogP contribution in [0.1, 0.15) is 34.0 Å². The smallest absolute Gasteiger partial charge is 0.157 e. The average Bonchev–Trinajstić information content (AvgIpc) is 3.03. The number of nitrogens with one attached hydrogen (secondary N) is 3. The molecule has 0 aliphatic carbocycles. The minimum Gasteiger partial charge on any atom is -0.321 e. The molecule has 3 heterocycles. The van der Waals surface area contributed by atoms with E-state index in [-0.39, 0.29) is 5.92 Å². The molecular formula is C15H14BrN5. The van der Waals surface area contributed by atoms with Crippen LogP contribution in [0.2, 0.25) is 0 Å². The van der Waals surface area contributed by atoms with Crippen molar-refractivity contribution in [1.29, 1.82) is 0 Å². The Balaban J connectivity index is 1.98. The number of fused-ring (bicyclic) bond motifs is 2. The number of hydrogen-bond donors (Lipinski definition) is 3. The fourth-order valence-electron chi connectivity index (χ4n) is 3.02. The highest BCUT2D eigenvalue weighted by molar-refractivity contribution is 9.10. The van der Waals surface area contributed by atoms with E-state index in [1.807, 2.05) is 0 Å². The van der Waals surface area contributed by atoms with Crippen molar-refractivity contribution in [2.24, 2.45) is 0 Å². The molecule has 1 aliphatic heterocycles. The Morgan fingerprint density at radius 1 is 0.905 bits per heavy atom. The van der Waals surface area contributed by atoms with Crippen molar-refractivity contribution in [2.45, 2.75) is 19.8 Å². The molecule has 5 nitrogen and oxygen atoms in total. The predicted octanol–water partition coefficient (Wildman–Crippen LogP) is 3.75. The number of hydrogen-bond acceptors (Lipinski definition) is 3. The van der Waals surface area contributed by atoms with Gasteiger partial charge in [-0.2, -0.15) is 10.2 Å². The van der Waals surface area contributed by atoms with Gasteiger partial charge in [0, 0.05) is 32.9 Å². The lowest BCUT2D eigenvalue weighted by Gasteiger charge is -2.24. The number of H-pyrrole nitrogens is 2. The Bertz CT molecular complexity index is 769. The normalized spacial score (nSPS) is 13.7. The fourth-order valence-corrected chi connectivity index (χ4v) is 3.28. The zero-order valence-corrected chi connectivity index (χ0v) is 13.2. The Labute approximate surface area is 130 Å². The summed E-state index contributed by atoms with van der Waals surface area (Å²) in [5, 5.41) is 18.2. The molecular weight excluding hydrogens is 330 g/mol.